The van der Waals surface area contributed by atoms with E-state index >= 15 is 0 Å². The molecule has 0 unspecified atom stereocenters. The Balaban J connectivity index is 1.75. The predicted molar refractivity (Wildman–Crippen MR) is 53.4 cm³/mol. The summed E-state index contributed by atoms with van der Waals surface area (Å²) >= 11 is 0. The van der Waals surface area contributed by atoms with Gasteiger partial charge in [-0.15, -0.1) is 0 Å². The summed E-state index contributed by atoms with van der Waals surface area (Å²) in [5.41, 5.74) is 0. The van der Waals surface area contributed by atoms with E-state index < -0.39 is 0 Å². The molecule has 0 spiro atoms. The van der Waals surface area contributed by atoms with E-state index in [-0.39, 0.29) is 12.6 Å². The Morgan fingerprint density at radius 1 is 1.46 bits per heavy atom. The number of rotatable bonds is 4. The first-order valence-corrected chi connectivity index (χ1v) is 5.32. The molecular weight excluding hydrogens is 162 g/mol. The van der Waals surface area contributed by atoms with Crippen LogP contribution in [-0.4, -0.2) is 24.3 Å². The first-order chi connectivity index (χ1) is 6.29. The summed E-state index contributed by atoms with van der Waals surface area (Å²) in [5, 5.41) is 12.2. The molecule has 0 saturated heterocycles. The molecule has 0 aliphatic heterocycles. The number of allylic oxidation sites excluding steroid dienone is 2. The molecule has 0 radical (unpaired) electrons. The van der Waals surface area contributed by atoms with Crippen molar-refractivity contribution in [3.8, 4) is 0 Å². The van der Waals surface area contributed by atoms with Gasteiger partial charge in [-0.1, -0.05) is 12.2 Å². The summed E-state index contributed by atoms with van der Waals surface area (Å²) in [5.74, 6) is 2.51. The normalized spacial score (nSPS) is 38.5. The molecule has 0 heterocycles. The number of nitrogens with one attached hydrogen (secondary N) is 1. The predicted octanol–water partition coefficient (Wildman–Crippen LogP) is 1.17. The molecule has 4 atom stereocenters. The van der Waals surface area contributed by atoms with Crippen LogP contribution in [0, 0.1) is 17.8 Å². The quantitative estimate of drug-likeness (QED) is 0.638. The van der Waals surface area contributed by atoms with Crippen molar-refractivity contribution in [2.75, 3.05) is 13.2 Å². The molecule has 0 aromatic carbocycles. The van der Waals surface area contributed by atoms with Gasteiger partial charge >= 0.3 is 0 Å². The van der Waals surface area contributed by atoms with E-state index in [0.29, 0.717) is 0 Å². The van der Waals surface area contributed by atoms with E-state index in [0.717, 1.165) is 24.3 Å². The number of hydrogen-bond acceptors (Lipinski definition) is 2. The average molecular weight is 181 g/mol. The van der Waals surface area contributed by atoms with Gasteiger partial charge in [0.2, 0.25) is 0 Å². The second-order valence-electron chi connectivity index (χ2n) is 4.53. The molecule has 2 aliphatic carbocycles. The molecule has 1 fully saturated rings. The first-order valence-electron chi connectivity index (χ1n) is 5.32. The topological polar surface area (TPSA) is 32.3 Å². The van der Waals surface area contributed by atoms with Crippen LogP contribution in [0.2, 0.25) is 0 Å². The lowest BCUT2D eigenvalue weighted by Gasteiger charge is -2.20. The van der Waals surface area contributed by atoms with Gasteiger partial charge in [0.1, 0.15) is 0 Å². The van der Waals surface area contributed by atoms with Gasteiger partial charge in [0.15, 0.2) is 0 Å². The molecule has 2 nitrogen and oxygen atoms in total. The van der Waals surface area contributed by atoms with Crippen molar-refractivity contribution in [1.29, 1.82) is 0 Å². The van der Waals surface area contributed by atoms with Gasteiger partial charge in [0.05, 0.1) is 6.61 Å². The molecule has 1 saturated carbocycles. The molecule has 2 N–H and O–H groups in total. The Bertz CT molecular complexity index is 202. The largest absolute Gasteiger partial charge is 0.395 e. The fourth-order valence-corrected chi connectivity index (χ4v) is 2.55. The monoisotopic (exact) mass is 181 g/mol. The third kappa shape index (κ3) is 1.94. The molecule has 13 heavy (non-hydrogen) atoms. The van der Waals surface area contributed by atoms with Crippen LogP contribution in [0.3, 0.4) is 0 Å². The SMILES string of the molecule is C[C@@H](CO)NC[C@@H]1C[C@H]2C=C[C@H]1C2. The van der Waals surface area contributed by atoms with Crippen molar-refractivity contribution < 1.29 is 5.11 Å². The maximum atomic E-state index is 8.86. The Morgan fingerprint density at radius 2 is 2.31 bits per heavy atom. The molecular formula is C11H19NO. The third-order valence-corrected chi connectivity index (χ3v) is 3.42. The molecule has 0 aromatic heterocycles. The van der Waals surface area contributed by atoms with Gasteiger partial charge in [-0.3, -0.25) is 0 Å². The van der Waals surface area contributed by atoms with Crippen molar-refractivity contribution in [2.45, 2.75) is 25.8 Å². The van der Waals surface area contributed by atoms with Gasteiger partial charge < -0.3 is 10.4 Å². The van der Waals surface area contributed by atoms with Crippen LogP contribution < -0.4 is 5.32 Å². The number of aliphatic hydroxyl groups excluding tert-OH is 1. The van der Waals surface area contributed by atoms with E-state index in [4.69, 9.17) is 5.11 Å². The van der Waals surface area contributed by atoms with Crippen LogP contribution in [0.1, 0.15) is 19.8 Å². The summed E-state index contributed by atoms with van der Waals surface area (Å²) in [6.07, 6.45) is 7.48. The number of hydrogen-bond donors (Lipinski definition) is 2. The lowest BCUT2D eigenvalue weighted by Crippen LogP contribution is -2.34. The van der Waals surface area contributed by atoms with Gasteiger partial charge in [-0.25, -0.2) is 0 Å². The Hall–Kier alpha value is -0.340. The maximum Gasteiger partial charge on any atom is 0.0581 e. The minimum atomic E-state index is 0.247. The van der Waals surface area contributed by atoms with Gasteiger partial charge in [0.25, 0.3) is 0 Å². The van der Waals surface area contributed by atoms with Crippen molar-refractivity contribution in [3.63, 3.8) is 0 Å². The highest BCUT2D eigenvalue weighted by Gasteiger charge is 2.35. The molecule has 0 amide bonds. The first kappa shape index (κ1) is 9.22. The van der Waals surface area contributed by atoms with E-state index in [1.54, 1.807) is 0 Å². The van der Waals surface area contributed by atoms with E-state index in [1.807, 2.05) is 6.92 Å². The van der Waals surface area contributed by atoms with Crippen LogP contribution in [0.15, 0.2) is 12.2 Å². The lowest BCUT2D eigenvalue weighted by atomic mass is 9.93. The Kier molecular flexibility index (Phi) is 2.70. The number of aliphatic hydroxyl groups is 1. The molecule has 0 aromatic rings. The van der Waals surface area contributed by atoms with Crippen molar-refractivity contribution >= 4 is 0 Å². The smallest absolute Gasteiger partial charge is 0.0581 e. The van der Waals surface area contributed by atoms with E-state index in [2.05, 4.69) is 17.5 Å². The molecule has 2 bridgehead atoms. The standard InChI is InChI=1S/C11H19NO/c1-8(7-13)12-6-11-5-9-2-3-10(11)4-9/h2-3,8-13H,4-7H2,1H3/t8-,9-,10-,11-/m0/s1. The summed E-state index contributed by atoms with van der Waals surface area (Å²) in [7, 11) is 0. The van der Waals surface area contributed by atoms with E-state index in [9.17, 15) is 0 Å². The zero-order valence-corrected chi connectivity index (χ0v) is 8.24. The molecule has 74 valence electrons. The van der Waals surface area contributed by atoms with Crippen LogP contribution >= 0.6 is 0 Å². The third-order valence-electron chi connectivity index (χ3n) is 3.42. The molecule has 2 heteroatoms. The summed E-state index contributed by atoms with van der Waals surface area (Å²) in [6.45, 7) is 3.35. The van der Waals surface area contributed by atoms with Crippen molar-refractivity contribution in [2.24, 2.45) is 17.8 Å². The van der Waals surface area contributed by atoms with Crippen molar-refractivity contribution in [3.05, 3.63) is 12.2 Å². The average Bonchev–Trinajstić information content (AvgIpc) is 2.74. The van der Waals surface area contributed by atoms with Crippen molar-refractivity contribution in [1.82, 2.24) is 5.32 Å². The van der Waals surface area contributed by atoms with Crippen LogP contribution in [0.25, 0.3) is 0 Å². The summed E-state index contributed by atoms with van der Waals surface area (Å²) in [4.78, 5) is 0. The lowest BCUT2D eigenvalue weighted by molar-refractivity contribution is 0.242. The van der Waals surface area contributed by atoms with Gasteiger partial charge in [0, 0.05) is 6.04 Å². The fourth-order valence-electron chi connectivity index (χ4n) is 2.55. The highest BCUT2D eigenvalue weighted by Crippen LogP contribution is 2.42. The minimum absolute atomic E-state index is 0.247. The van der Waals surface area contributed by atoms with Crippen LogP contribution in [0.4, 0.5) is 0 Å². The Morgan fingerprint density at radius 3 is 2.85 bits per heavy atom. The van der Waals surface area contributed by atoms with Gasteiger partial charge in [-0.2, -0.15) is 0 Å². The summed E-state index contributed by atoms with van der Waals surface area (Å²) in [6, 6.07) is 0.253. The van der Waals surface area contributed by atoms with E-state index in [1.165, 1.54) is 12.8 Å². The second-order valence-corrected chi connectivity index (χ2v) is 4.53. The molecule has 2 aliphatic rings. The number of fused-ring (bicyclic) bond motifs is 2. The van der Waals surface area contributed by atoms with Gasteiger partial charge in [-0.05, 0) is 44.1 Å². The van der Waals surface area contributed by atoms with Crippen LogP contribution in [0.5, 0.6) is 0 Å². The fraction of sp³-hybridized carbons (Fsp3) is 0.818. The zero-order valence-electron chi connectivity index (χ0n) is 8.24. The Labute approximate surface area is 80.0 Å². The second kappa shape index (κ2) is 3.81. The molecule has 2 rings (SSSR count). The maximum absolute atomic E-state index is 8.86. The zero-order chi connectivity index (χ0) is 9.26. The van der Waals surface area contributed by atoms with Crippen LogP contribution in [-0.2, 0) is 0 Å². The minimum Gasteiger partial charge on any atom is -0.395 e. The summed E-state index contributed by atoms with van der Waals surface area (Å²) < 4.78 is 0. The highest BCUT2D eigenvalue weighted by atomic mass is 16.3. The highest BCUT2D eigenvalue weighted by molar-refractivity contribution is 5.10.